The van der Waals surface area contributed by atoms with E-state index in [1.165, 1.54) is 34.9 Å². The van der Waals surface area contributed by atoms with Gasteiger partial charge in [-0.2, -0.15) is 0 Å². The summed E-state index contributed by atoms with van der Waals surface area (Å²) in [7, 11) is 1.39. The Bertz CT molecular complexity index is 449. The number of ether oxygens (including phenoxy) is 1. The van der Waals surface area contributed by atoms with Gasteiger partial charge in [0.25, 0.3) is 0 Å². The van der Waals surface area contributed by atoms with Crippen molar-refractivity contribution in [2.75, 3.05) is 7.11 Å². The van der Waals surface area contributed by atoms with Crippen LogP contribution in [-0.4, -0.2) is 13.1 Å². The molecule has 1 rings (SSSR count). The normalized spacial score (nSPS) is 12.4. The van der Waals surface area contributed by atoms with Gasteiger partial charge in [0, 0.05) is 6.04 Å². The maximum Gasteiger partial charge on any atom is 0.307 e. The van der Waals surface area contributed by atoms with Crippen LogP contribution < -0.4 is 5.73 Å². The SMILES string of the molecule is COC(=O)C[C@@H](N)c1c(C)c(C)c(C)c(C)c1C. The number of nitrogens with two attached hydrogens (primary N) is 1. The summed E-state index contributed by atoms with van der Waals surface area (Å²) >= 11 is 0. The molecule has 0 amide bonds. The van der Waals surface area contributed by atoms with Crippen molar-refractivity contribution in [1.29, 1.82) is 0 Å². The Morgan fingerprint density at radius 2 is 1.39 bits per heavy atom. The summed E-state index contributed by atoms with van der Waals surface area (Å²) in [5, 5.41) is 0. The fourth-order valence-electron chi connectivity index (χ4n) is 2.45. The molecule has 3 heteroatoms. The molecule has 1 aromatic carbocycles. The van der Waals surface area contributed by atoms with Gasteiger partial charge in [-0.05, 0) is 68.0 Å². The third kappa shape index (κ3) is 2.56. The second-order valence-electron chi connectivity index (χ2n) is 4.93. The Labute approximate surface area is 109 Å². The largest absolute Gasteiger partial charge is 0.469 e. The number of carbonyl (C=O) groups is 1. The van der Waals surface area contributed by atoms with E-state index in [0.29, 0.717) is 0 Å². The van der Waals surface area contributed by atoms with E-state index in [1.807, 2.05) is 0 Å². The first-order valence-electron chi connectivity index (χ1n) is 6.20. The highest BCUT2D eigenvalue weighted by molar-refractivity contribution is 5.70. The molecular formula is C15H23NO2. The van der Waals surface area contributed by atoms with Crippen LogP contribution in [0.3, 0.4) is 0 Å². The van der Waals surface area contributed by atoms with Crippen molar-refractivity contribution in [2.45, 2.75) is 47.1 Å². The first kappa shape index (κ1) is 14.7. The monoisotopic (exact) mass is 249 g/mol. The number of methoxy groups -OCH3 is 1. The standard InChI is InChI=1S/C15H23NO2/c1-8-9(2)11(4)15(12(5)10(8)3)13(16)7-14(17)18-6/h13H,7,16H2,1-6H3/t13-/m1/s1. The highest BCUT2D eigenvalue weighted by Gasteiger charge is 2.19. The number of carbonyl (C=O) groups excluding carboxylic acids is 1. The number of benzene rings is 1. The van der Waals surface area contributed by atoms with Crippen molar-refractivity contribution >= 4 is 5.97 Å². The second kappa shape index (κ2) is 5.53. The Morgan fingerprint density at radius 1 is 1.00 bits per heavy atom. The lowest BCUT2D eigenvalue weighted by Gasteiger charge is -2.22. The Hall–Kier alpha value is -1.35. The summed E-state index contributed by atoms with van der Waals surface area (Å²) in [5.74, 6) is -0.266. The van der Waals surface area contributed by atoms with E-state index < -0.39 is 0 Å². The third-order valence-electron chi connectivity index (χ3n) is 4.04. The van der Waals surface area contributed by atoms with Gasteiger partial charge in [0.15, 0.2) is 0 Å². The van der Waals surface area contributed by atoms with Gasteiger partial charge >= 0.3 is 5.97 Å². The number of hydrogen-bond acceptors (Lipinski definition) is 3. The lowest BCUT2D eigenvalue weighted by molar-refractivity contribution is -0.141. The van der Waals surface area contributed by atoms with Crippen molar-refractivity contribution in [3.8, 4) is 0 Å². The maximum atomic E-state index is 11.4. The summed E-state index contributed by atoms with van der Waals surface area (Å²) in [6, 6.07) is -0.296. The molecule has 0 radical (unpaired) electrons. The van der Waals surface area contributed by atoms with Crippen molar-refractivity contribution in [1.82, 2.24) is 0 Å². The molecule has 0 spiro atoms. The highest BCUT2D eigenvalue weighted by atomic mass is 16.5. The van der Waals surface area contributed by atoms with Gasteiger partial charge in [0.2, 0.25) is 0 Å². The van der Waals surface area contributed by atoms with Crippen LogP contribution >= 0.6 is 0 Å². The van der Waals surface area contributed by atoms with E-state index in [2.05, 4.69) is 39.4 Å². The minimum atomic E-state index is -0.296. The smallest absolute Gasteiger partial charge is 0.307 e. The van der Waals surface area contributed by atoms with Crippen LogP contribution in [0.5, 0.6) is 0 Å². The zero-order valence-corrected chi connectivity index (χ0v) is 12.2. The molecule has 18 heavy (non-hydrogen) atoms. The summed E-state index contributed by atoms with van der Waals surface area (Å²) in [5.41, 5.74) is 13.4. The topological polar surface area (TPSA) is 52.3 Å². The molecule has 0 saturated heterocycles. The summed E-state index contributed by atoms with van der Waals surface area (Å²) in [6.45, 7) is 10.5. The van der Waals surface area contributed by atoms with E-state index in [9.17, 15) is 4.79 Å². The fraction of sp³-hybridized carbons (Fsp3) is 0.533. The molecule has 0 aliphatic heterocycles. The van der Waals surface area contributed by atoms with E-state index in [-0.39, 0.29) is 18.4 Å². The zero-order chi connectivity index (χ0) is 14.0. The van der Waals surface area contributed by atoms with Crippen LogP contribution in [0.25, 0.3) is 0 Å². The molecule has 100 valence electrons. The van der Waals surface area contributed by atoms with E-state index in [1.54, 1.807) is 0 Å². The summed E-state index contributed by atoms with van der Waals surface area (Å²) < 4.78 is 4.69. The molecular weight excluding hydrogens is 226 g/mol. The molecule has 0 aliphatic rings. The quantitative estimate of drug-likeness (QED) is 0.838. The third-order valence-corrected chi connectivity index (χ3v) is 4.04. The Morgan fingerprint density at radius 3 is 1.78 bits per heavy atom. The zero-order valence-electron chi connectivity index (χ0n) is 12.2. The maximum absolute atomic E-state index is 11.4. The molecule has 0 bridgehead atoms. The van der Waals surface area contributed by atoms with Crippen molar-refractivity contribution < 1.29 is 9.53 Å². The van der Waals surface area contributed by atoms with Gasteiger partial charge < -0.3 is 10.5 Å². The fourth-order valence-corrected chi connectivity index (χ4v) is 2.45. The van der Waals surface area contributed by atoms with E-state index in [0.717, 1.165) is 5.56 Å². The lowest BCUT2D eigenvalue weighted by Crippen LogP contribution is -2.20. The first-order valence-corrected chi connectivity index (χ1v) is 6.20. The van der Waals surface area contributed by atoms with Gasteiger partial charge in [-0.1, -0.05) is 0 Å². The van der Waals surface area contributed by atoms with Gasteiger partial charge in [-0.15, -0.1) is 0 Å². The van der Waals surface area contributed by atoms with E-state index >= 15 is 0 Å². The molecule has 1 atom stereocenters. The van der Waals surface area contributed by atoms with Crippen LogP contribution in [0.4, 0.5) is 0 Å². The van der Waals surface area contributed by atoms with E-state index in [4.69, 9.17) is 5.73 Å². The van der Waals surface area contributed by atoms with Crippen molar-refractivity contribution in [2.24, 2.45) is 5.73 Å². The van der Waals surface area contributed by atoms with Gasteiger partial charge in [-0.25, -0.2) is 0 Å². The molecule has 0 saturated carbocycles. The molecule has 0 fully saturated rings. The number of esters is 1. The highest BCUT2D eigenvalue weighted by Crippen LogP contribution is 2.30. The minimum absolute atomic E-state index is 0.222. The summed E-state index contributed by atoms with van der Waals surface area (Å²) in [4.78, 5) is 11.4. The predicted octanol–water partition coefficient (Wildman–Crippen LogP) is 2.79. The average Bonchev–Trinajstić information content (AvgIpc) is 2.34. The second-order valence-corrected chi connectivity index (χ2v) is 4.93. The van der Waals surface area contributed by atoms with Crippen LogP contribution in [-0.2, 0) is 9.53 Å². The van der Waals surface area contributed by atoms with Crippen LogP contribution in [0, 0.1) is 34.6 Å². The number of hydrogen-bond donors (Lipinski definition) is 1. The van der Waals surface area contributed by atoms with Gasteiger partial charge in [0.05, 0.1) is 13.5 Å². The molecule has 2 N–H and O–H groups in total. The minimum Gasteiger partial charge on any atom is -0.469 e. The molecule has 3 nitrogen and oxygen atoms in total. The van der Waals surface area contributed by atoms with Crippen LogP contribution in [0.2, 0.25) is 0 Å². The Balaban J connectivity index is 3.28. The molecule has 0 aromatic heterocycles. The Kier molecular flexibility index (Phi) is 4.52. The van der Waals surface area contributed by atoms with Crippen LogP contribution in [0.15, 0.2) is 0 Å². The molecule has 0 unspecified atom stereocenters. The lowest BCUT2D eigenvalue weighted by atomic mass is 9.85. The van der Waals surface area contributed by atoms with Gasteiger partial charge in [-0.3, -0.25) is 4.79 Å². The predicted molar refractivity (Wildman–Crippen MR) is 73.7 cm³/mol. The average molecular weight is 249 g/mol. The molecule has 0 aliphatic carbocycles. The van der Waals surface area contributed by atoms with Crippen LogP contribution in [0.1, 0.15) is 45.8 Å². The van der Waals surface area contributed by atoms with Gasteiger partial charge in [0.1, 0.15) is 0 Å². The molecule has 1 aromatic rings. The first-order chi connectivity index (χ1) is 8.31. The van der Waals surface area contributed by atoms with Crippen molar-refractivity contribution in [3.63, 3.8) is 0 Å². The van der Waals surface area contributed by atoms with Crippen molar-refractivity contribution in [3.05, 3.63) is 33.4 Å². The molecule has 0 heterocycles. The summed E-state index contributed by atoms with van der Waals surface area (Å²) in [6.07, 6.45) is 0.222. The number of rotatable bonds is 3.